The lowest BCUT2D eigenvalue weighted by molar-refractivity contribution is -0.136. The number of imide groups is 1. The van der Waals surface area contributed by atoms with Gasteiger partial charge in [-0.2, -0.15) is 0 Å². The van der Waals surface area contributed by atoms with Gasteiger partial charge < -0.3 is 34.6 Å². The summed E-state index contributed by atoms with van der Waals surface area (Å²) in [7, 11) is -1.53. The number of piperidine rings is 2. The third-order valence-corrected chi connectivity index (χ3v) is 13.6. The number of hydrogen-bond donors (Lipinski definition) is 4. The molecule has 4 N–H and O–H groups in total. The standard InChI is InChI=1S/C45H48BN5O7S/c52-35-10-14-38-40(27-35)59-43(30-3-5-32(6-4-30)46(56)57)42(38)58-36-11-7-33(8-12-36)50-24-22-48(23-25-50)19-1-2-29-17-20-49(21-18-29)34-9-13-37-31(26-34)28-51(45(37)55)39-15-16-41(53)47-44(39)54/h3-14,26-27,29,39,52,56-57H,1-2,15-25,28H2,(H,47,53,54). The lowest BCUT2D eigenvalue weighted by atomic mass is 9.80. The third-order valence-electron chi connectivity index (χ3n) is 12.5. The van der Waals surface area contributed by atoms with Gasteiger partial charge in [0.15, 0.2) is 5.75 Å². The van der Waals surface area contributed by atoms with E-state index in [0.717, 1.165) is 96.2 Å². The van der Waals surface area contributed by atoms with Crippen molar-refractivity contribution in [1.82, 2.24) is 15.1 Å². The lowest BCUT2D eigenvalue weighted by Gasteiger charge is -2.37. The van der Waals surface area contributed by atoms with Gasteiger partial charge in [0.25, 0.3) is 5.91 Å². The van der Waals surface area contributed by atoms with Gasteiger partial charge in [-0.15, -0.1) is 11.3 Å². The van der Waals surface area contributed by atoms with Gasteiger partial charge in [0, 0.05) is 79.3 Å². The fourth-order valence-electron chi connectivity index (χ4n) is 9.07. The normalized spacial score (nSPS) is 19.1. The molecule has 4 aliphatic rings. The summed E-state index contributed by atoms with van der Waals surface area (Å²) in [5, 5.41) is 32.5. The number of ether oxygens (including phenoxy) is 1. The first-order valence-corrected chi connectivity index (χ1v) is 21.5. The Morgan fingerprint density at radius 1 is 0.797 bits per heavy atom. The van der Waals surface area contributed by atoms with Gasteiger partial charge in [0.2, 0.25) is 11.8 Å². The second-order valence-electron chi connectivity index (χ2n) is 16.2. The molecule has 3 amide bonds. The number of carbonyl (C=O) groups excluding carboxylic acids is 3. The zero-order valence-corrected chi connectivity index (χ0v) is 33.7. The van der Waals surface area contributed by atoms with Crippen molar-refractivity contribution in [2.24, 2.45) is 5.92 Å². The molecular formula is C45H48BN5O7S. The van der Waals surface area contributed by atoms with E-state index in [4.69, 9.17) is 4.74 Å². The van der Waals surface area contributed by atoms with Crippen molar-refractivity contribution in [2.75, 3.05) is 55.6 Å². The predicted octanol–water partition coefficient (Wildman–Crippen LogP) is 5.33. The second kappa shape index (κ2) is 16.7. The summed E-state index contributed by atoms with van der Waals surface area (Å²) < 4.78 is 7.43. The number of aromatic hydroxyl groups is 1. The van der Waals surface area contributed by atoms with E-state index < -0.39 is 13.2 Å². The van der Waals surface area contributed by atoms with Crippen molar-refractivity contribution in [3.05, 3.63) is 96.1 Å². The average molecular weight is 814 g/mol. The number of phenolic OH excluding ortho intramolecular Hbond substituents is 1. The van der Waals surface area contributed by atoms with Crippen LogP contribution in [0.2, 0.25) is 0 Å². The van der Waals surface area contributed by atoms with Crippen LogP contribution in [0, 0.1) is 5.92 Å². The number of nitrogens with zero attached hydrogens (tertiary/aromatic N) is 4. The van der Waals surface area contributed by atoms with Crippen LogP contribution in [0.1, 0.15) is 54.4 Å². The molecule has 3 saturated heterocycles. The smallest absolute Gasteiger partial charge is 0.488 e. The first kappa shape index (κ1) is 39.1. The van der Waals surface area contributed by atoms with Gasteiger partial charge in [-0.05, 0) is 122 Å². The Morgan fingerprint density at radius 3 is 2.25 bits per heavy atom. The van der Waals surface area contributed by atoms with Crippen molar-refractivity contribution in [1.29, 1.82) is 0 Å². The minimum Gasteiger partial charge on any atom is -0.508 e. The van der Waals surface area contributed by atoms with Crippen LogP contribution < -0.4 is 25.3 Å². The van der Waals surface area contributed by atoms with Gasteiger partial charge in [-0.3, -0.25) is 24.6 Å². The molecule has 12 nitrogen and oxygen atoms in total. The van der Waals surface area contributed by atoms with E-state index in [2.05, 4.69) is 38.2 Å². The zero-order chi connectivity index (χ0) is 40.6. The molecule has 304 valence electrons. The molecule has 4 aromatic carbocycles. The Morgan fingerprint density at radius 2 is 1.53 bits per heavy atom. The summed E-state index contributed by atoms with van der Waals surface area (Å²) in [6, 6.07) is 26.1. The number of nitrogens with one attached hydrogen (secondary N) is 1. The topological polar surface area (TPSA) is 146 Å². The van der Waals surface area contributed by atoms with Crippen LogP contribution in [0.15, 0.2) is 84.9 Å². The minimum atomic E-state index is -1.53. The van der Waals surface area contributed by atoms with Gasteiger partial charge >= 0.3 is 7.12 Å². The molecule has 59 heavy (non-hydrogen) atoms. The summed E-state index contributed by atoms with van der Waals surface area (Å²) in [4.78, 5) is 47.1. The highest BCUT2D eigenvalue weighted by molar-refractivity contribution is 7.22. The molecule has 0 aliphatic carbocycles. The maximum Gasteiger partial charge on any atom is 0.488 e. The molecule has 5 aromatic rings. The number of amides is 3. The van der Waals surface area contributed by atoms with Crippen LogP contribution in [-0.4, -0.2) is 102 Å². The Labute approximate surface area is 347 Å². The first-order valence-electron chi connectivity index (χ1n) is 20.7. The monoisotopic (exact) mass is 813 g/mol. The molecule has 0 spiro atoms. The molecule has 0 bridgehead atoms. The Balaban J connectivity index is 0.729. The van der Waals surface area contributed by atoms with Crippen LogP contribution in [0.25, 0.3) is 20.5 Å². The summed E-state index contributed by atoms with van der Waals surface area (Å²) in [6.45, 7) is 7.51. The number of rotatable bonds is 11. The third kappa shape index (κ3) is 8.27. The fourth-order valence-corrected chi connectivity index (χ4v) is 10.2. The van der Waals surface area contributed by atoms with E-state index >= 15 is 0 Å². The number of phenols is 1. The summed E-state index contributed by atoms with van der Waals surface area (Å²) in [6.07, 6.45) is 5.36. The predicted molar refractivity (Wildman–Crippen MR) is 231 cm³/mol. The van der Waals surface area contributed by atoms with Gasteiger partial charge in [0.1, 0.15) is 17.5 Å². The maximum atomic E-state index is 13.1. The highest BCUT2D eigenvalue weighted by atomic mass is 32.1. The molecule has 5 heterocycles. The molecule has 3 fully saturated rings. The van der Waals surface area contributed by atoms with Crippen LogP contribution >= 0.6 is 11.3 Å². The van der Waals surface area contributed by atoms with Crippen LogP contribution in [-0.2, 0) is 16.1 Å². The second-order valence-corrected chi connectivity index (χ2v) is 17.2. The van der Waals surface area contributed by atoms with Crippen molar-refractivity contribution in [3.63, 3.8) is 0 Å². The van der Waals surface area contributed by atoms with Crippen LogP contribution in [0.5, 0.6) is 17.2 Å². The molecule has 4 aliphatic heterocycles. The van der Waals surface area contributed by atoms with Crippen molar-refractivity contribution >= 4 is 63.1 Å². The van der Waals surface area contributed by atoms with Gasteiger partial charge in [-0.25, -0.2) is 0 Å². The average Bonchev–Trinajstić information content (AvgIpc) is 3.77. The zero-order valence-electron chi connectivity index (χ0n) is 32.9. The quantitative estimate of drug-likeness (QED) is 0.102. The number of hydrogen-bond acceptors (Lipinski definition) is 11. The largest absolute Gasteiger partial charge is 0.508 e. The van der Waals surface area contributed by atoms with E-state index in [1.165, 1.54) is 29.9 Å². The van der Waals surface area contributed by atoms with E-state index in [1.807, 2.05) is 42.5 Å². The number of carbonyl (C=O) groups is 3. The van der Waals surface area contributed by atoms with Crippen LogP contribution in [0.4, 0.5) is 11.4 Å². The van der Waals surface area contributed by atoms with Crippen molar-refractivity contribution < 1.29 is 34.3 Å². The summed E-state index contributed by atoms with van der Waals surface area (Å²) in [5.74, 6) is 1.54. The van der Waals surface area contributed by atoms with Gasteiger partial charge in [0.05, 0.1) is 4.88 Å². The number of anilines is 2. The summed E-state index contributed by atoms with van der Waals surface area (Å²) in [5.41, 5.74) is 5.22. The molecule has 0 radical (unpaired) electrons. The highest BCUT2D eigenvalue weighted by Gasteiger charge is 2.39. The SMILES string of the molecule is O=C1CCC(N2Cc3cc(N4CCC(CCCN5CCN(c6ccc(Oc7c(-c8ccc(B(O)O)cc8)sc8cc(O)ccc78)cc6)CC5)CC4)ccc3C2=O)C(=O)N1. The minimum absolute atomic E-state index is 0.128. The number of piperazine rings is 1. The molecule has 1 unspecified atom stereocenters. The molecule has 0 saturated carbocycles. The summed E-state index contributed by atoms with van der Waals surface area (Å²) >= 11 is 1.52. The number of benzene rings is 4. The van der Waals surface area contributed by atoms with E-state index in [1.54, 1.807) is 29.2 Å². The Hall–Kier alpha value is -5.41. The van der Waals surface area contributed by atoms with E-state index in [-0.39, 0.29) is 29.9 Å². The number of thiophene rings is 1. The van der Waals surface area contributed by atoms with Crippen molar-refractivity contribution in [3.8, 4) is 27.7 Å². The molecule has 14 heteroatoms. The first-order chi connectivity index (χ1) is 28.7. The molecular weight excluding hydrogens is 765 g/mol. The lowest BCUT2D eigenvalue weighted by Crippen LogP contribution is -2.52. The van der Waals surface area contributed by atoms with E-state index in [9.17, 15) is 29.5 Å². The Kier molecular flexibility index (Phi) is 11.1. The van der Waals surface area contributed by atoms with E-state index in [0.29, 0.717) is 35.7 Å². The van der Waals surface area contributed by atoms with Crippen LogP contribution in [0.3, 0.4) is 0 Å². The fraction of sp³-hybridized carbons (Fsp3) is 0.356. The van der Waals surface area contributed by atoms with Crippen molar-refractivity contribution in [2.45, 2.75) is 51.1 Å². The van der Waals surface area contributed by atoms with Gasteiger partial charge in [-0.1, -0.05) is 24.3 Å². The Bertz CT molecular complexity index is 2360. The molecule has 1 atom stereocenters. The maximum absolute atomic E-state index is 13.1. The molecule has 1 aromatic heterocycles. The highest BCUT2D eigenvalue weighted by Crippen LogP contribution is 2.47. The molecule has 9 rings (SSSR count). The number of fused-ring (bicyclic) bond motifs is 2.